The molecule has 120 valence electrons. The van der Waals surface area contributed by atoms with Gasteiger partial charge in [-0.05, 0) is 5.56 Å². The fraction of sp³-hybridized carbons (Fsp3) is 0.438. The largest absolute Gasteiger partial charge is 0.460 e. The Morgan fingerprint density at radius 2 is 1.73 bits per heavy atom. The van der Waals surface area contributed by atoms with Crippen molar-refractivity contribution in [2.75, 3.05) is 6.61 Å². The summed E-state index contributed by atoms with van der Waals surface area (Å²) in [5.41, 5.74) is 0.982. The van der Waals surface area contributed by atoms with Crippen molar-refractivity contribution in [3.63, 3.8) is 0 Å². The number of ether oxygens (including phenoxy) is 3. The van der Waals surface area contributed by atoms with Gasteiger partial charge in [0.05, 0.1) is 13.2 Å². The maximum atomic E-state index is 11.1. The standard InChI is InChI=1S/C16H20O6/c1-12(18)21-15(9-17)8-16(22-13(2)19)11-20-10-14-6-4-3-5-7-14/h3-7,9,15-16H,8,10-11H2,1-2H3/t15-,16-/m0/s1. The minimum absolute atomic E-state index is 0.0669. The minimum atomic E-state index is -0.956. The van der Waals surface area contributed by atoms with E-state index < -0.39 is 24.1 Å². The molecule has 0 radical (unpaired) electrons. The molecule has 0 amide bonds. The van der Waals surface area contributed by atoms with Crippen LogP contribution in [-0.2, 0) is 35.2 Å². The number of carbonyl (C=O) groups is 3. The van der Waals surface area contributed by atoms with E-state index in [-0.39, 0.29) is 13.0 Å². The third-order valence-electron chi connectivity index (χ3n) is 2.71. The van der Waals surface area contributed by atoms with Crippen LogP contribution in [0.25, 0.3) is 0 Å². The van der Waals surface area contributed by atoms with Gasteiger partial charge in [0.15, 0.2) is 12.4 Å². The van der Waals surface area contributed by atoms with Crippen molar-refractivity contribution >= 4 is 18.2 Å². The van der Waals surface area contributed by atoms with Gasteiger partial charge in [-0.15, -0.1) is 0 Å². The molecule has 0 N–H and O–H groups in total. The van der Waals surface area contributed by atoms with Gasteiger partial charge in [-0.3, -0.25) is 14.4 Å². The van der Waals surface area contributed by atoms with Crippen LogP contribution < -0.4 is 0 Å². The van der Waals surface area contributed by atoms with Crippen LogP contribution in [0.1, 0.15) is 25.8 Å². The van der Waals surface area contributed by atoms with Crippen LogP contribution in [-0.4, -0.2) is 37.0 Å². The first-order valence-corrected chi connectivity index (χ1v) is 6.92. The second kappa shape index (κ2) is 9.68. The lowest BCUT2D eigenvalue weighted by molar-refractivity contribution is -0.157. The molecule has 0 aliphatic carbocycles. The second-order valence-electron chi connectivity index (χ2n) is 4.75. The summed E-state index contributed by atoms with van der Waals surface area (Å²) >= 11 is 0. The van der Waals surface area contributed by atoms with Crippen LogP contribution in [0.5, 0.6) is 0 Å². The fourth-order valence-corrected chi connectivity index (χ4v) is 1.87. The van der Waals surface area contributed by atoms with Crippen LogP contribution in [0, 0.1) is 0 Å². The molecule has 1 rings (SSSR count). The Kier molecular flexibility index (Phi) is 7.85. The molecule has 0 aliphatic heterocycles. The normalized spacial score (nSPS) is 13.0. The smallest absolute Gasteiger partial charge is 0.303 e. The van der Waals surface area contributed by atoms with E-state index in [1.54, 1.807) is 0 Å². The first kappa shape index (κ1) is 17.8. The summed E-state index contributed by atoms with van der Waals surface area (Å²) < 4.78 is 15.4. The summed E-state index contributed by atoms with van der Waals surface area (Å²) in [5.74, 6) is -1.05. The maximum absolute atomic E-state index is 11.1. The van der Waals surface area contributed by atoms with Gasteiger partial charge in [0.2, 0.25) is 0 Å². The molecule has 22 heavy (non-hydrogen) atoms. The highest BCUT2D eigenvalue weighted by Gasteiger charge is 2.21. The van der Waals surface area contributed by atoms with E-state index in [1.165, 1.54) is 13.8 Å². The number of hydrogen-bond acceptors (Lipinski definition) is 6. The second-order valence-corrected chi connectivity index (χ2v) is 4.75. The quantitative estimate of drug-likeness (QED) is 0.510. The van der Waals surface area contributed by atoms with Crippen molar-refractivity contribution < 1.29 is 28.6 Å². The van der Waals surface area contributed by atoms with Gasteiger partial charge >= 0.3 is 11.9 Å². The average molecular weight is 308 g/mol. The van der Waals surface area contributed by atoms with E-state index in [9.17, 15) is 14.4 Å². The van der Waals surface area contributed by atoms with Crippen LogP contribution in [0.4, 0.5) is 0 Å². The first-order chi connectivity index (χ1) is 10.5. The van der Waals surface area contributed by atoms with Crippen LogP contribution >= 0.6 is 0 Å². The fourth-order valence-electron chi connectivity index (χ4n) is 1.87. The van der Waals surface area contributed by atoms with Gasteiger partial charge in [-0.1, -0.05) is 30.3 Å². The molecule has 0 heterocycles. The SMILES string of the molecule is CC(=O)O[C@H](COCc1ccccc1)C[C@@H](C=O)OC(C)=O. The van der Waals surface area contributed by atoms with Crippen molar-refractivity contribution in [2.45, 2.75) is 39.1 Å². The zero-order chi connectivity index (χ0) is 16.4. The van der Waals surface area contributed by atoms with E-state index >= 15 is 0 Å². The minimum Gasteiger partial charge on any atom is -0.460 e. The molecule has 0 bridgehead atoms. The molecular weight excluding hydrogens is 288 g/mol. The lowest BCUT2D eigenvalue weighted by Gasteiger charge is -2.20. The summed E-state index contributed by atoms with van der Waals surface area (Å²) in [6.45, 7) is 2.95. The van der Waals surface area contributed by atoms with Gasteiger partial charge in [-0.25, -0.2) is 0 Å². The molecule has 0 aliphatic rings. The molecule has 0 saturated carbocycles. The highest BCUT2D eigenvalue weighted by molar-refractivity contribution is 5.70. The summed E-state index contributed by atoms with van der Waals surface area (Å²) in [6.07, 6.45) is -1.04. The predicted molar refractivity (Wildman–Crippen MR) is 77.9 cm³/mol. The Bertz CT molecular complexity index is 485. The Hall–Kier alpha value is -2.21. The maximum Gasteiger partial charge on any atom is 0.303 e. The highest BCUT2D eigenvalue weighted by Crippen LogP contribution is 2.09. The molecule has 0 fully saturated rings. The summed E-state index contributed by atoms with van der Waals surface area (Å²) in [5, 5.41) is 0. The van der Waals surface area contributed by atoms with E-state index in [4.69, 9.17) is 14.2 Å². The first-order valence-electron chi connectivity index (χ1n) is 6.92. The summed E-state index contributed by atoms with van der Waals surface area (Å²) in [7, 11) is 0. The zero-order valence-electron chi connectivity index (χ0n) is 12.7. The molecule has 6 heteroatoms. The van der Waals surface area contributed by atoms with Crippen molar-refractivity contribution in [1.82, 2.24) is 0 Å². The van der Waals surface area contributed by atoms with E-state index in [2.05, 4.69) is 0 Å². The lowest BCUT2D eigenvalue weighted by Crippen LogP contribution is -2.30. The van der Waals surface area contributed by atoms with Crippen LogP contribution in [0.3, 0.4) is 0 Å². The monoisotopic (exact) mass is 308 g/mol. The Morgan fingerprint density at radius 3 is 2.27 bits per heavy atom. The third-order valence-corrected chi connectivity index (χ3v) is 2.71. The Morgan fingerprint density at radius 1 is 1.09 bits per heavy atom. The number of aldehydes is 1. The van der Waals surface area contributed by atoms with Crippen LogP contribution in [0.15, 0.2) is 30.3 Å². The molecule has 0 saturated heterocycles. The molecule has 0 aromatic heterocycles. The molecular formula is C16H20O6. The topological polar surface area (TPSA) is 78.9 Å². The van der Waals surface area contributed by atoms with Gasteiger partial charge in [0, 0.05) is 20.3 Å². The highest BCUT2D eigenvalue weighted by atomic mass is 16.6. The molecule has 1 aromatic rings. The third kappa shape index (κ3) is 7.54. The molecule has 2 atom stereocenters. The number of hydrogen-bond donors (Lipinski definition) is 0. The van der Waals surface area contributed by atoms with E-state index in [0.717, 1.165) is 5.56 Å². The Labute approximate surface area is 129 Å². The lowest BCUT2D eigenvalue weighted by atomic mass is 10.2. The number of benzene rings is 1. The van der Waals surface area contributed by atoms with E-state index in [1.807, 2.05) is 30.3 Å². The van der Waals surface area contributed by atoms with Crippen molar-refractivity contribution in [1.29, 1.82) is 0 Å². The number of esters is 2. The van der Waals surface area contributed by atoms with Crippen LogP contribution in [0.2, 0.25) is 0 Å². The van der Waals surface area contributed by atoms with Crippen molar-refractivity contribution in [3.05, 3.63) is 35.9 Å². The number of rotatable bonds is 9. The van der Waals surface area contributed by atoms with Gasteiger partial charge < -0.3 is 14.2 Å². The van der Waals surface area contributed by atoms with Crippen molar-refractivity contribution in [2.24, 2.45) is 0 Å². The molecule has 0 spiro atoms. The predicted octanol–water partition coefficient (Wildman–Crippen LogP) is 1.66. The Balaban J connectivity index is 2.50. The average Bonchev–Trinajstić information content (AvgIpc) is 2.46. The summed E-state index contributed by atoms with van der Waals surface area (Å²) in [4.78, 5) is 32.9. The summed E-state index contributed by atoms with van der Waals surface area (Å²) in [6, 6.07) is 9.51. The molecule has 1 aromatic carbocycles. The molecule has 0 unspecified atom stereocenters. The van der Waals surface area contributed by atoms with Crippen molar-refractivity contribution in [3.8, 4) is 0 Å². The van der Waals surface area contributed by atoms with E-state index in [0.29, 0.717) is 12.9 Å². The zero-order valence-corrected chi connectivity index (χ0v) is 12.7. The van der Waals surface area contributed by atoms with Gasteiger partial charge in [-0.2, -0.15) is 0 Å². The number of carbonyl (C=O) groups excluding carboxylic acids is 3. The molecule has 6 nitrogen and oxygen atoms in total. The van der Waals surface area contributed by atoms with Gasteiger partial charge in [0.25, 0.3) is 0 Å². The van der Waals surface area contributed by atoms with Gasteiger partial charge in [0.1, 0.15) is 6.10 Å².